The second kappa shape index (κ2) is 8.53. The smallest absolute Gasteiger partial charge is 0.294 e. The van der Waals surface area contributed by atoms with Gasteiger partial charge in [-0.15, -0.1) is 11.8 Å². The Bertz CT molecular complexity index is 1010. The van der Waals surface area contributed by atoms with Crippen molar-refractivity contribution in [3.05, 3.63) is 57.6 Å². The molecule has 30 heavy (non-hydrogen) atoms. The topological polar surface area (TPSA) is 95.8 Å². The number of para-hydroxylation sites is 1. The lowest BCUT2D eigenvalue weighted by Crippen LogP contribution is -2.50. The third-order valence-electron chi connectivity index (χ3n) is 5.17. The van der Waals surface area contributed by atoms with Crippen LogP contribution in [0.15, 0.2) is 47.4 Å². The zero-order valence-corrected chi connectivity index (χ0v) is 17.5. The van der Waals surface area contributed by atoms with Gasteiger partial charge in [-0.2, -0.15) is 0 Å². The number of carbonyl (C=O) groups excluding carboxylic acids is 2. The zero-order valence-electron chi connectivity index (χ0n) is 15.9. The molecule has 10 heteroatoms. The average Bonchev–Trinajstić information content (AvgIpc) is 2.74. The fourth-order valence-corrected chi connectivity index (χ4v) is 4.89. The van der Waals surface area contributed by atoms with Crippen LogP contribution in [0.25, 0.3) is 0 Å². The van der Waals surface area contributed by atoms with Crippen molar-refractivity contribution in [1.29, 1.82) is 0 Å². The molecule has 0 spiro atoms. The Hall–Kier alpha value is -2.78. The van der Waals surface area contributed by atoms with E-state index in [1.807, 2.05) is 29.2 Å². The molecule has 1 saturated heterocycles. The van der Waals surface area contributed by atoms with Gasteiger partial charge in [0.25, 0.3) is 5.69 Å². The molecule has 0 saturated carbocycles. The van der Waals surface area contributed by atoms with Crippen LogP contribution in [0.2, 0.25) is 5.02 Å². The molecule has 0 aromatic heterocycles. The number of amides is 2. The van der Waals surface area contributed by atoms with Gasteiger partial charge in [-0.05, 0) is 24.3 Å². The Balaban J connectivity index is 1.37. The number of thioether (sulfide) groups is 1. The van der Waals surface area contributed by atoms with Gasteiger partial charge in [0.05, 0.1) is 15.9 Å². The number of piperazine rings is 1. The summed E-state index contributed by atoms with van der Waals surface area (Å²) in [6, 6.07) is 12.1. The summed E-state index contributed by atoms with van der Waals surface area (Å²) in [5.74, 6) is -0.255. The molecular formula is C20H19ClN4O4S. The van der Waals surface area contributed by atoms with E-state index >= 15 is 0 Å². The molecule has 8 nitrogen and oxygen atoms in total. The summed E-state index contributed by atoms with van der Waals surface area (Å²) in [5.41, 5.74) is 1.22. The van der Waals surface area contributed by atoms with E-state index < -0.39 is 10.2 Å². The van der Waals surface area contributed by atoms with Crippen LogP contribution in [0.1, 0.15) is 6.42 Å². The lowest BCUT2D eigenvalue weighted by Gasteiger charge is -2.36. The van der Waals surface area contributed by atoms with E-state index in [4.69, 9.17) is 11.6 Å². The molecule has 4 rings (SSSR count). The van der Waals surface area contributed by atoms with E-state index in [0.717, 1.165) is 10.6 Å². The van der Waals surface area contributed by atoms with Gasteiger partial charge in [-0.1, -0.05) is 23.7 Å². The van der Waals surface area contributed by atoms with Crippen molar-refractivity contribution in [1.82, 2.24) is 4.90 Å². The van der Waals surface area contributed by atoms with Crippen LogP contribution in [0, 0.1) is 10.1 Å². The second-order valence-corrected chi connectivity index (χ2v) is 8.74. The number of rotatable bonds is 4. The number of halogens is 1. The molecule has 1 fully saturated rings. The fraction of sp³-hybridized carbons (Fsp3) is 0.300. The number of nitrogens with one attached hydrogen (secondary N) is 1. The molecule has 2 heterocycles. The third-order valence-corrected chi connectivity index (χ3v) is 6.68. The molecule has 2 aromatic rings. The average molecular weight is 447 g/mol. The van der Waals surface area contributed by atoms with Crippen molar-refractivity contribution in [2.24, 2.45) is 0 Å². The summed E-state index contributed by atoms with van der Waals surface area (Å²) in [7, 11) is 0. The van der Waals surface area contributed by atoms with E-state index in [0.29, 0.717) is 36.9 Å². The maximum absolute atomic E-state index is 12.8. The number of hydrogen-bond donors (Lipinski definition) is 1. The molecule has 2 aliphatic heterocycles. The van der Waals surface area contributed by atoms with Crippen molar-refractivity contribution in [2.75, 3.05) is 36.4 Å². The molecule has 0 radical (unpaired) electrons. The highest BCUT2D eigenvalue weighted by Crippen LogP contribution is 2.37. The maximum Gasteiger partial charge on any atom is 0.294 e. The molecule has 0 bridgehead atoms. The minimum Gasteiger partial charge on any atom is -0.362 e. The van der Waals surface area contributed by atoms with Crippen molar-refractivity contribution in [3.63, 3.8) is 0 Å². The highest BCUT2D eigenvalue weighted by molar-refractivity contribution is 8.01. The van der Waals surface area contributed by atoms with Gasteiger partial charge >= 0.3 is 0 Å². The molecule has 0 aliphatic carbocycles. The number of benzene rings is 2. The van der Waals surface area contributed by atoms with Crippen molar-refractivity contribution >= 4 is 52.2 Å². The number of nitro benzene ring substituents is 1. The SMILES string of the molecule is O=C1Nc2ccccc2SC1CC(=O)N1CCN(c2ccc(Cl)cc2[N+](=O)[O-])CC1. The normalized spacial score (nSPS) is 18.6. The summed E-state index contributed by atoms with van der Waals surface area (Å²) < 4.78 is 0. The highest BCUT2D eigenvalue weighted by Gasteiger charge is 2.32. The summed E-state index contributed by atoms with van der Waals surface area (Å²) in [4.78, 5) is 40.6. The molecule has 1 unspecified atom stereocenters. The maximum atomic E-state index is 12.8. The first-order chi connectivity index (χ1) is 14.4. The third kappa shape index (κ3) is 4.22. The molecule has 156 valence electrons. The molecular weight excluding hydrogens is 428 g/mol. The van der Waals surface area contributed by atoms with Crippen LogP contribution >= 0.6 is 23.4 Å². The predicted molar refractivity (Wildman–Crippen MR) is 116 cm³/mol. The summed E-state index contributed by atoms with van der Waals surface area (Å²) >= 11 is 7.29. The Morgan fingerprint density at radius 3 is 2.67 bits per heavy atom. The van der Waals surface area contributed by atoms with Crippen LogP contribution in [0.3, 0.4) is 0 Å². The van der Waals surface area contributed by atoms with Crippen LogP contribution in [-0.2, 0) is 9.59 Å². The number of hydrogen-bond acceptors (Lipinski definition) is 6. The Labute approximate surface area is 182 Å². The van der Waals surface area contributed by atoms with Gasteiger partial charge in [0.1, 0.15) is 5.69 Å². The standard InChI is InChI=1S/C20H19ClN4O4S/c21-13-5-6-15(16(11-13)25(28)29)23-7-9-24(10-8-23)19(26)12-18-20(27)22-14-3-1-2-4-17(14)30-18/h1-6,11,18H,7-10,12H2,(H,22,27). The molecule has 2 aliphatic rings. The van der Waals surface area contributed by atoms with Crippen molar-refractivity contribution in [2.45, 2.75) is 16.6 Å². The van der Waals surface area contributed by atoms with Crippen molar-refractivity contribution in [3.8, 4) is 0 Å². The van der Waals surface area contributed by atoms with E-state index in [1.54, 1.807) is 17.0 Å². The lowest BCUT2D eigenvalue weighted by atomic mass is 10.2. The van der Waals surface area contributed by atoms with E-state index in [-0.39, 0.29) is 23.9 Å². The minimum atomic E-state index is -0.470. The van der Waals surface area contributed by atoms with Crippen LogP contribution in [-0.4, -0.2) is 53.1 Å². The predicted octanol–water partition coefficient (Wildman–Crippen LogP) is 3.40. The highest BCUT2D eigenvalue weighted by atomic mass is 35.5. The van der Waals surface area contributed by atoms with Crippen LogP contribution < -0.4 is 10.2 Å². The molecule has 2 aromatic carbocycles. The molecule has 1 atom stereocenters. The monoisotopic (exact) mass is 446 g/mol. The van der Waals surface area contributed by atoms with E-state index in [2.05, 4.69) is 5.32 Å². The number of nitro groups is 1. The fourth-order valence-electron chi connectivity index (χ4n) is 3.62. The first kappa shape index (κ1) is 20.5. The minimum absolute atomic E-state index is 0.0452. The van der Waals surface area contributed by atoms with Gasteiger partial charge in [0.2, 0.25) is 11.8 Å². The molecule has 2 amide bonds. The largest absolute Gasteiger partial charge is 0.362 e. The Morgan fingerprint density at radius 2 is 1.93 bits per heavy atom. The first-order valence-electron chi connectivity index (χ1n) is 9.45. The van der Waals surface area contributed by atoms with Crippen molar-refractivity contribution < 1.29 is 14.5 Å². The zero-order chi connectivity index (χ0) is 21.3. The summed E-state index contributed by atoms with van der Waals surface area (Å²) in [6.07, 6.45) is 0.117. The Morgan fingerprint density at radius 1 is 1.20 bits per heavy atom. The molecule has 1 N–H and O–H groups in total. The van der Waals surface area contributed by atoms with E-state index in [9.17, 15) is 19.7 Å². The number of anilines is 2. The lowest BCUT2D eigenvalue weighted by molar-refractivity contribution is -0.384. The second-order valence-electron chi connectivity index (χ2n) is 7.05. The summed E-state index contributed by atoms with van der Waals surface area (Å²) in [5, 5.41) is 14.0. The summed E-state index contributed by atoms with van der Waals surface area (Å²) in [6.45, 7) is 1.82. The van der Waals surface area contributed by atoms with E-state index in [1.165, 1.54) is 17.8 Å². The van der Waals surface area contributed by atoms with Crippen LogP contribution in [0.5, 0.6) is 0 Å². The quantitative estimate of drug-likeness (QED) is 0.571. The van der Waals surface area contributed by atoms with Gasteiger partial charge in [0.15, 0.2) is 0 Å². The van der Waals surface area contributed by atoms with Crippen LogP contribution in [0.4, 0.5) is 17.1 Å². The Kier molecular flexibility index (Phi) is 5.83. The number of carbonyl (C=O) groups is 2. The number of nitrogens with zero attached hydrogens (tertiary/aromatic N) is 3. The first-order valence-corrected chi connectivity index (χ1v) is 10.7. The van der Waals surface area contributed by atoms with Gasteiger partial charge in [-0.25, -0.2) is 0 Å². The van der Waals surface area contributed by atoms with Gasteiger partial charge in [0, 0.05) is 48.6 Å². The number of fused-ring (bicyclic) bond motifs is 1. The van der Waals surface area contributed by atoms with Gasteiger partial charge in [-0.3, -0.25) is 19.7 Å². The van der Waals surface area contributed by atoms with Gasteiger partial charge < -0.3 is 15.1 Å².